The summed E-state index contributed by atoms with van der Waals surface area (Å²) in [6.45, 7) is 10.7. The second kappa shape index (κ2) is 5.31. The number of hydrogen-bond acceptors (Lipinski definition) is 3. The van der Waals surface area contributed by atoms with Crippen molar-refractivity contribution in [2.75, 3.05) is 11.9 Å². The molecule has 1 aromatic rings. The number of ether oxygens (including phenoxy) is 1. The van der Waals surface area contributed by atoms with Gasteiger partial charge < -0.3 is 10.1 Å². The molecule has 0 aromatic carbocycles. The van der Waals surface area contributed by atoms with Crippen molar-refractivity contribution in [3.8, 4) is 0 Å². The fraction of sp³-hybridized carbons (Fsp3) is 0.786. The Hall–Kier alpha value is -1.03. The highest BCUT2D eigenvalue weighted by Crippen LogP contribution is 2.22. The SMILES string of the molecule is CC(Nc1cnn(CC2CCCO2)c1)C(C)(C)C. The molecule has 0 radical (unpaired) electrons. The molecule has 18 heavy (non-hydrogen) atoms. The Bertz CT molecular complexity index is 375. The van der Waals surface area contributed by atoms with Crippen LogP contribution in [-0.2, 0) is 11.3 Å². The summed E-state index contributed by atoms with van der Waals surface area (Å²) in [7, 11) is 0. The molecule has 0 saturated carbocycles. The Kier molecular flexibility index (Phi) is 3.95. The predicted octanol–water partition coefficient (Wildman–Crippen LogP) is 2.91. The fourth-order valence-electron chi connectivity index (χ4n) is 2.00. The van der Waals surface area contributed by atoms with Crippen LogP contribution in [-0.4, -0.2) is 28.5 Å². The summed E-state index contributed by atoms with van der Waals surface area (Å²) in [6, 6.07) is 0.415. The van der Waals surface area contributed by atoms with E-state index in [1.54, 1.807) is 0 Å². The van der Waals surface area contributed by atoms with Crippen LogP contribution in [0.25, 0.3) is 0 Å². The van der Waals surface area contributed by atoms with Gasteiger partial charge in [0.25, 0.3) is 0 Å². The van der Waals surface area contributed by atoms with Gasteiger partial charge in [0.2, 0.25) is 0 Å². The first kappa shape index (κ1) is 13.4. The summed E-state index contributed by atoms with van der Waals surface area (Å²) >= 11 is 0. The van der Waals surface area contributed by atoms with Crippen LogP contribution in [0.2, 0.25) is 0 Å². The Morgan fingerprint density at radius 1 is 1.56 bits per heavy atom. The van der Waals surface area contributed by atoms with E-state index in [2.05, 4.69) is 44.3 Å². The number of nitrogens with one attached hydrogen (secondary N) is 1. The minimum atomic E-state index is 0.247. The van der Waals surface area contributed by atoms with E-state index >= 15 is 0 Å². The molecule has 1 aliphatic rings. The van der Waals surface area contributed by atoms with E-state index in [-0.39, 0.29) is 5.41 Å². The molecule has 1 aromatic heterocycles. The zero-order valence-corrected chi connectivity index (χ0v) is 11.9. The van der Waals surface area contributed by atoms with E-state index < -0.39 is 0 Å². The smallest absolute Gasteiger partial charge is 0.0771 e. The molecule has 102 valence electrons. The largest absolute Gasteiger partial charge is 0.380 e. The van der Waals surface area contributed by atoms with Gasteiger partial charge >= 0.3 is 0 Å². The predicted molar refractivity (Wildman–Crippen MR) is 73.7 cm³/mol. The van der Waals surface area contributed by atoms with Gasteiger partial charge in [-0.3, -0.25) is 4.68 Å². The van der Waals surface area contributed by atoms with E-state index in [1.807, 2.05) is 10.9 Å². The van der Waals surface area contributed by atoms with Gasteiger partial charge in [0.1, 0.15) is 0 Å². The van der Waals surface area contributed by atoms with Crippen LogP contribution in [0.5, 0.6) is 0 Å². The van der Waals surface area contributed by atoms with Gasteiger partial charge in [0.05, 0.1) is 24.5 Å². The lowest BCUT2D eigenvalue weighted by atomic mass is 9.88. The van der Waals surface area contributed by atoms with E-state index in [4.69, 9.17) is 4.74 Å². The van der Waals surface area contributed by atoms with E-state index in [0.717, 1.165) is 25.3 Å². The average molecular weight is 251 g/mol. The Morgan fingerprint density at radius 2 is 2.33 bits per heavy atom. The van der Waals surface area contributed by atoms with Gasteiger partial charge in [0.15, 0.2) is 0 Å². The molecule has 4 heteroatoms. The Morgan fingerprint density at radius 3 is 2.94 bits per heavy atom. The lowest BCUT2D eigenvalue weighted by molar-refractivity contribution is 0.0940. The summed E-state index contributed by atoms with van der Waals surface area (Å²) in [4.78, 5) is 0. The molecular formula is C14H25N3O. The van der Waals surface area contributed by atoms with Crippen LogP contribution in [0.15, 0.2) is 12.4 Å². The summed E-state index contributed by atoms with van der Waals surface area (Å²) in [5, 5.41) is 7.89. The van der Waals surface area contributed by atoms with Crippen LogP contribution in [0.3, 0.4) is 0 Å². The fourth-order valence-corrected chi connectivity index (χ4v) is 2.00. The van der Waals surface area contributed by atoms with Crippen LogP contribution in [0.4, 0.5) is 5.69 Å². The molecule has 0 aliphatic carbocycles. The van der Waals surface area contributed by atoms with Gasteiger partial charge in [0, 0.05) is 18.8 Å². The molecule has 2 atom stereocenters. The van der Waals surface area contributed by atoms with Crippen molar-refractivity contribution < 1.29 is 4.74 Å². The van der Waals surface area contributed by atoms with Crippen molar-refractivity contribution in [2.24, 2.45) is 5.41 Å². The molecule has 2 rings (SSSR count). The van der Waals surface area contributed by atoms with Crippen molar-refractivity contribution in [2.45, 2.75) is 59.2 Å². The van der Waals surface area contributed by atoms with Crippen LogP contribution >= 0.6 is 0 Å². The van der Waals surface area contributed by atoms with E-state index in [9.17, 15) is 0 Å². The second-order valence-corrected chi connectivity index (χ2v) is 6.32. The Balaban J connectivity index is 1.89. The van der Waals surface area contributed by atoms with Crippen molar-refractivity contribution >= 4 is 5.69 Å². The molecule has 1 aliphatic heterocycles. The number of anilines is 1. The van der Waals surface area contributed by atoms with Gasteiger partial charge in [-0.15, -0.1) is 0 Å². The standard InChI is InChI=1S/C14H25N3O/c1-11(14(2,3)4)16-12-8-15-17(9-12)10-13-6-5-7-18-13/h8-9,11,13,16H,5-7,10H2,1-4H3. The minimum Gasteiger partial charge on any atom is -0.380 e. The van der Waals surface area contributed by atoms with Crippen LogP contribution in [0, 0.1) is 5.41 Å². The molecule has 2 unspecified atom stereocenters. The van der Waals surface area contributed by atoms with Crippen molar-refractivity contribution in [1.29, 1.82) is 0 Å². The maximum Gasteiger partial charge on any atom is 0.0771 e. The maximum absolute atomic E-state index is 5.62. The van der Waals surface area contributed by atoms with E-state index in [0.29, 0.717) is 12.1 Å². The normalized spacial score (nSPS) is 22.1. The van der Waals surface area contributed by atoms with Crippen LogP contribution < -0.4 is 5.32 Å². The molecule has 4 nitrogen and oxygen atoms in total. The quantitative estimate of drug-likeness (QED) is 0.894. The zero-order chi connectivity index (χ0) is 13.2. The molecular weight excluding hydrogens is 226 g/mol. The molecule has 1 fully saturated rings. The number of nitrogens with zero attached hydrogens (tertiary/aromatic N) is 2. The average Bonchev–Trinajstić information content (AvgIpc) is 2.89. The van der Waals surface area contributed by atoms with Gasteiger partial charge in [-0.2, -0.15) is 5.10 Å². The topological polar surface area (TPSA) is 39.1 Å². The Labute approximate surface area is 110 Å². The minimum absolute atomic E-state index is 0.247. The zero-order valence-electron chi connectivity index (χ0n) is 11.9. The maximum atomic E-state index is 5.62. The highest BCUT2D eigenvalue weighted by molar-refractivity contribution is 5.39. The lowest BCUT2D eigenvalue weighted by Crippen LogP contribution is -2.30. The molecule has 0 bridgehead atoms. The van der Waals surface area contributed by atoms with E-state index in [1.165, 1.54) is 6.42 Å². The summed E-state index contributed by atoms with van der Waals surface area (Å²) in [6.07, 6.45) is 6.65. The third-order valence-corrected chi connectivity index (χ3v) is 3.73. The highest BCUT2D eigenvalue weighted by atomic mass is 16.5. The van der Waals surface area contributed by atoms with Gasteiger partial charge in [-0.05, 0) is 25.2 Å². The summed E-state index contributed by atoms with van der Waals surface area (Å²) < 4.78 is 7.60. The monoisotopic (exact) mass is 251 g/mol. The molecule has 0 amide bonds. The molecule has 0 spiro atoms. The van der Waals surface area contributed by atoms with Crippen LogP contribution in [0.1, 0.15) is 40.5 Å². The molecule has 1 saturated heterocycles. The number of rotatable bonds is 4. The second-order valence-electron chi connectivity index (χ2n) is 6.32. The van der Waals surface area contributed by atoms with Crippen molar-refractivity contribution in [3.63, 3.8) is 0 Å². The number of hydrogen-bond donors (Lipinski definition) is 1. The molecule has 1 N–H and O–H groups in total. The van der Waals surface area contributed by atoms with Gasteiger partial charge in [-0.1, -0.05) is 20.8 Å². The third kappa shape index (κ3) is 3.48. The summed E-state index contributed by atoms with van der Waals surface area (Å²) in [5.74, 6) is 0. The van der Waals surface area contributed by atoms with Crippen molar-refractivity contribution in [3.05, 3.63) is 12.4 Å². The summed E-state index contributed by atoms with van der Waals surface area (Å²) in [5.41, 5.74) is 1.34. The first-order valence-corrected chi connectivity index (χ1v) is 6.86. The first-order valence-electron chi connectivity index (χ1n) is 6.86. The third-order valence-electron chi connectivity index (χ3n) is 3.73. The van der Waals surface area contributed by atoms with Gasteiger partial charge in [-0.25, -0.2) is 0 Å². The van der Waals surface area contributed by atoms with Crippen molar-refractivity contribution in [1.82, 2.24) is 9.78 Å². The lowest BCUT2D eigenvalue weighted by Gasteiger charge is -2.28. The highest BCUT2D eigenvalue weighted by Gasteiger charge is 2.20. The number of aromatic nitrogens is 2. The first-order chi connectivity index (χ1) is 8.45. The molecule has 2 heterocycles.